The zero-order valence-electron chi connectivity index (χ0n) is 10.6. The molecule has 0 amide bonds. The predicted octanol–water partition coefficient (Wildman–Crippen LogP) is 2.94. The minimum atomic E-state index is -0.709. The van der Waals surface area contributed by atoms with Crippen LogP contribution in [-0.4, -0.2) is 17.1 Å². The van der Waals surface area contributed by atoms with Crippen LogP contribution in [0, 0.1) is 10.1 Å². The van der Waals surface area contributed by atoms with Crippen LogP contribution in [0.5, 0.6) is 0 Å². The van der Waals surface area contributed by atoms with Crippen molar-refractivity contribution in [2.75, 3.05) is 11.9 Å². The molecule has 0 aromatic carbocycles. The molecule has 6 nitrogen and oxygen atoms in total. The molecule has 7 heteroatoms. The van der Waals surface area contributed by atoms with E-state index in [-0.39, 0.29) is 5.69 Å². The van der Waals surface area contributed by atoms with Gasteiger partial charge in [-0.05, 0) is 13.0 Å². The Bertz CT molecular complexity index is 562. The summed E-state index contributed by atoms with van der Waals surface area (Å²) in [4.78, 5) is 13.0. The molecule has 19 heavy (non-hydrogen) atoms. The van der Waals surface area contributed by atoms with Crippen molar-refractivity contribution in [1.82, 2.24) is 0 Å². The standard InChI is InChI=1S/C12H14N2O4S/c1-8(15)11-5-10(14(16)17)12(19-11)13(2)6-9-3-4-18-7-9/h3-5,7-8,15H,6H2,1-2H3. The first-order valence-electron chi connectivity index (χ1n) is 5.67. The Morgan fingerprint density at radius 1 is 1.63 bits per heavy atom. The van der Waals surface area contributed by atoms with Crippen LogP contribution in [0.3, 0.4) is 0 Å². The monoisotopic (exact) mass is 282 g/mol. The summed E-state index contributed by atoms with van der Waals surface area (Å²) < 4.78 is 4.98. The number of rotatable bonds is 5. The molecule has 1 unspecified atom stereocenters. The molecule has 0 aliphatic carbocycles. The molecule has 0 aliphatic rings. The van der Waals surface area contributed by atoms with Gasteiger partial charge >= 0.3 is 5.69 Å². The highest BCUT2D eigenvalue weighted by molar-refractivity contribution is 7.16. The lowest BCUT2D eigenvalue weighted by molar-refractivity contribution is -0.383. The van der Waals surface area contributed by atoms with Crippen LogP contribution in [-0.2, 0) is 6.54 Å². The number of hydrogen-bond donors (Lipinski definition) is 1. The first kappa shape index (κ1) is 13.6. The van der Waals surface area contributed by atoms with Crippen molar-refractivity contribution in [2.24, 2.45) is 0 Å². The second-order valence-electron chi connectivity index (χ2n) is 4.26. The molecule has 2 heterocycles. The van der Waals surface area contributed by atoms with Crippen LogP contribution < -0.4 is 4.90 Å². The summed E-state index contributed by atoms with van der Waals surface area (Å²) in [7, 11) is 1.78. The van der Waals surface area contributed by atoms with Gasteiger partial charge < -0.3 is 14.4 Å². The van der Waals surface area contributed by atoms with E-state index < -0.39 is 11.0 Å². The SMILES string of the molecule is CC(O)c1cc([N+](=O)[O-])c(N(C)Cc2ccoc2)s1. The van der Waals surface area contributed by atoms with Crippen LogP contribution in [0.1, 0.15) is 23.5 Å². The Morgan fingerprint density at radius 3 is 2.89 bits per heavy atom. The summed E-state index contributed by atoms with van der Waals surface area (Å²) >= 11 is 1.23. The normalized spacial score (nSPS) is 12.4. The fraction of sp³-hybridized carbons (Fsp3) is 0.333. The minimum absolute atomic E-state index is 0.0203. The molecule has 0 radical (unpaired) electrons. The summed E-state index contributed by atoms with van der Waals surface area (Å²) in [6, 6.07) is 3.24. The van der Waals surface area contributed by atoms with Gasteiger partial charge in [-0.15, -0.1) is 11.3 Å². The highest BCUT2D eigenvalue weighted by Crippen LogP contribution is 2.40. The lowest BCUT2D eigenvalue weighted by Gasteiger charge is -2.15. The van der Waals surface area contributed by atoms with Gasteiger partial charge in [0.25, 0.3) is 0 Å². The maximum absolute atomic E-state index is 11.0. The van der Waals surface area contributed by atoms with Gasteiger partial charge in [0.05, 0.1) is 23.6 Å². The van der Waals surface area contributed by atoms with Crippen LogP contribution in [0.25, 0.3) is 0 Å². The van der Waals surface area contributed by atoms with Crippen molar-refractivity contribution in [3.05, 3.63) is 45.2 Å². The average molecular weight is 282 g/mol. The molecule has 0 spiro atoms. The van der Waals surface area contributed by atoms with Crippen molar-refractivity contribution >= 4 is 22.0 Å². The van der Waals surface area contributed by atoms with Crippen LogP contribution in [0.4, 0.5) is 10.7 Å². The number of hydrogen-bond acceptors (Lipinski definition) is 6. The van der Waals surface area contributed by atoms with Gasteiger partial charge in [-0.3, -0.25) is 10.1 Å². The molecule has 0 saturated heterocycles. The molecule has 2 rings (SSSR count). The van der Waals surface area contributed by atoms with E-state index in [0.717, 1.165) is 5.56 Å². The number of nitrogens with zero attached hydrogens (tertiary/aromatic N) is 2. The molecule has 0 aliphatic heterocycles. The van der Waals surface area contributed by atoms with Gasteiger partial charge in [-0.1, -0.05) is 0 Å². The van der Waals surface area contributed by atoms with Gasteiger partial charge in [0.2, 0.25) is 0 Å². The lowest BCUT2D eigenvalue weighted by atomic mass is 10.3. The summed E-state index contributed by atoms with van der Waals surface area (Å²) in [5.74, 6) is 0. The van der Waals surface area contributed by atoms with Crippen LogP contribution in [0.15, 0.2) is 29.1 Å². The van der Waals surface area contributed by atoms with E-state index in [2.05, 4.69) is 0 Å². The number of aliphatic hydroxyl groups is 1. The van der Waals surface area contributed by atoms with E-state index in [0.29, 0.717) is 16.4 Å². The Kier molecular flexibility index (Phi) is 3.87. The van der Waals surface area contributed by atoms with E-state index in [4.69, 9.17) is 4.42 Å². The molecular formula is C12H14N2O4S. The first-order valence-corrected chi connectivity index (χ1v) is 6.49. The van der Waals surface area contributed by atoms with E-state index in [1.54, 1.807) is 31.4 Å². The van der Waals surface area contributed by atoms with E-state index in [9.17, 15) is 15.2 Å². The zero-order chi connectivity index (χ0) is 14.0. The second-order valence-corrected chi connectivity index (χ2v) is 5.32. The predicted molar refractivity (Wildman–Crippen MR) is 72.4 cm³/mol. The third kappa shape index (κ3) is 2.94. The average Bonchev–Trinajstić information content (AvgIpc) is 2.96. The van der Waals surface area contributed by atoms with Gasteiger partial charge in [0.1, 0.15) is 0 Å². The molecular weight excluding hydrogens is 268 g/mol. The summed E-state index contributed by atoms with van der Waals surface area (Å²) in [5, 5.41) is 21.1. The molecule has 0 fully saturated rings. The molecule has 0 bridgehead atoms. The van der Waals surface area contributed by atoms with Crippen molar-refractivity contribution in [1.29, 1.82) is 0 Å². The maximum atomic E-state index is 11.0. The van der Waals surface area contributed by atoms with E-state index in [1.807, 2.05) is 6.07 Å². The van der Waals surface area contributed by atoms with Gasteiger partial charge in [0.15, 0.2) is 5.00 Å². The summed E-state index contributed by atoms with van der Waals surface area (Å²) in [6.45, 7) is 2.10. The maximum Gasteiger partial charge on any atom is 0.304 e. The van der Waals surface area contributed by atoms with Gasteiger partial charge in [0, 0.05) is 30.1 Å². The molecule has 0 saturated carbocycles. The molecule has 1 atom stereocenters. The minimum Gasteiger partial charge on any atom is -0.472 e. The van der Waals surface area contributed by atoms with Crippen molar-refractivity contribution in [2.45, 2.75) is 19.6 Å². The Morgan fingerprint density at radius 2 is 2.37 bits per heavy atom. The summed E-state index contributed by atoms with van der Waals surface area (Å²) in [6.07, 6.45) is 2.46. The van der Waals surface area contributed by atoms with Crippen molar-refractivity contribution in [3.8, 4) is 0 Å². The van der Waals surface area contributed by atoms with Crippen molar-refractivity contribution in [3.63, 3.8) is 0 Å². The molecule has 1 N–H and O–H groups in total. The van der Waals surface area contributed by atoms with Gasteiger partial charge in [-0.25, -0.2) is 0 Å². The highest BCUT2D eigenvalue weighted by atomic mass is 32.1. The number of anilines is 1. The number of nitro groups is 1. The Balaban J connectivity index is 2.29. The summed E-state index contributed by atoms with van der Waals surface area (Å²) in [5.41, 5.74) is 0.954. The number of aliphatic hydroxyl groups excluding tert-OH is 1. The third-order valence-corrected chi connectivity index (χ3v) is 4.08. The van der Waals surface area contributed by atoms with Crippen molar-refractivity contribution < 1.29 is 14.4 Å². The Hall–Kier alpha value is -1.86. The number of thiophene rings is 1. The van der Waals surface area contributed by atoms with Crippen LogP contribution in [0.2, 0.25) is 0 Å². The van der Waals surface area contributed by atoms with E-state index >= 15 is 0 Å². The highest BCUT2D eigenvalue weighted by Gasteiger charge is 2.23. The van der Waals surface area contributed by atoms with E-state index in [1.165, 1.54) is 17.4 Å². The molecule has 2 aromatic heterocycles. The third-order valence-electron chi connectivity index (χ3n) is 2.67. The molecule has 2 aromatic rings. The Labute approximate surface area is 114 Å². The lowest BCUT2D eigenvalue weighted by Crippen LogP contribution is -2.15. The smallest absolute Gasteiger partial charge is 0.304 e. The molecule has 102 valence electrons. The largest absolute Gasteiger partial charge is 0.472 e. The number of furan rings is 1. The quantitative estimate of drug-likeness (QED) is 0.673. The fourth-order valence-corrected chi connectivity index (χ4v) is 2.75. The zero-order valence-corrected chi connectivity index (χ0v) is 11.4. The first-order chi connectivity index (χ1) is 8.99. The second kappa shape index (κ2) is 5.41. The van der Waals surface area contributed by atoms with Crippen LogP contribution >= 0.6 is 11.3 Å². The fourth-order valence-electron chi connectivity index (χ4n) is 1.73. The van der Waals surface area contributed by atoms with Gasteiger partial charge in [-0.2, -0.15) is 0 Å². The topological polar surface area (TPSA) is 79.8 Å².